The molecule has 0 spiro atoms. The van der Waals surface area contributed by atoms with Crippen LogP contribution in [0.3, 0.4) is 0 Å². The van der Waals surface area contributed by atoms with E-state index in [4.69, 9.17) is 4.74 Å². The Labute approximate surface area is 150 Å². The summed E-state index contributed by atoms with van der Waals surface area (Å²) in [6, 6.07) is 5.82. The van der Waals surface area contributed by atoms with Gasteiger partial charge in [0.25, 0.3) is 0 Å². The lowest BCUT2D eigenvalue weighted by Crippen LogP contribution is -2.17. The second kappa shape index (κ2) is 6.97. The van der Waals surface area contributed by atoms with Crippen molar-refractivity contribution in [2.75, 3.05) is 18.2 Å². The van der Waals surface area contributed by atoms with Crippen molar-refractivity contribution in [2.24, 2.45) is 5.92 Å². The Morgan fingerprint density at radius 2 is 2.24 bits per heavy atom. The van der Waals surface area contributed by atoms with Gasteiger partial charge in [-0.05, 0) is 19.1 Å². The summed E-state index contributed by atoms with van der Waals surface area (Å²) in [7, 11) is -1.54. The third kappa shape index (κ3) is 4.26. The normalized spacial score (nSPS) is 18.2. The van der Waals surface area contributed by atoms with E-state index in [9.17, 15) is 13.2 Å². The van der Waals surface area contributed by atoms with E-state index in [-0.39, 0.29) is 24.0 Å². The molecule has 1 atom stereocenters. The van der Waals surface area contributed by atoms with Gasteiger partial charge in [0.05, 0.1) is 18.6 Å². The third-order valence-corrected chi connectivity index (χ3v) is 6.06. The Kier molecular flexibility index (Phi) is 4.91. The molecule has 1 amide bonds. The maximum Gasteiger partial charge on any atom is 0.226 e. The van der Waals surface area contributed by atoms with Crippen LogP contribution in [-0.4, -0.2) is 32.2 Å². The van der Waals surface area contributed by atoms with Crippen molar-refractivity contribution < 1.29 is 17.9 Å². The largest absolute Gasteiger partial charge is 0.496 e. The molecular weight excluding hydrogens is 360 g/mol. The highest BCUT2D eigenvalue weighted by molar-refractivity contribution is 7.94. The van der Waals surface area contributed by atoms with Crippen molar-refractivity contribution in [3.05, 3.63) is 40.6 Å². The number of aryl methyl sites for hydroxylation is 1. The van der Waals surface area contributed by atoms with Crippen LogP contribution in [0.2, 0.25) is 0 Å². The molecular formula is C17H18N2O4S2. The first kappa shape index (κ1) is 17.6. The summed E-state index contributed by atoms with van der Waals surface area (Å²) in [5.41, 5.74) is 2.68. The number of aromatic nitrogens is 1. The number of nitrogens with zero attached hydrogens (tertiary/aromatic N) is 1. The van der Waals surface area contributed by atoms with E-state index >= 15 is 0 Å². The van der Waals surface area contributed by atoms with Gasteiger partial charge in [0.15, 0.2) is 15.0 Å². The van der Waals surface area contributed by atoms with Gasteiger partial charge in [-0.25, -0.2) is 13.4 Å². The summed E-state index contributed by atoms with van der Waals surface area (Å²) in [5, 5.41) is 6.25. The fourth-order valence-corrected chi connectivity index (χ4v) is 4.78. The molecule has 2 heterocycles. The number of hydrogen-bond acceptors (Lipinski definition) is 6. The molecule has 1 aliphatic heterocycles. The fourth-order valence-electron chi connectivity index (χ4n) is 2.65. The van der Waals surface area contributed by atoms with Crippen LogP contribution in [0.15, 0.2) is 35.1 Å². The predicted octanol–water partition coefficient (Wildman–Crippen LogP) is 3.01. The van der Waals surface area contributed by atoms with Crippen LogP contribution in [0.1, 0.15) is 12.0 Å². The number of amides is 1. The zero-order valence-electron chi connectivity index (χ0n) is 13.9. The molecule has 0 fully saturated rings. The Morgan fingerprint density at radius 3 is 2.92 bits per heavy atom. The summed E-state index contributed by atoms with van der Waals surface area (Å²) < 4.78 is 28.1. The number of methoxy groups -OCH3 is 1. The number of anilines is 1. The molecule has 1 N–H and O–H groups in total. The summed E-state index contributed by atoms with van der Waals surface area (Å²) in [4.78, 5) is 16.5. The molecule has 0 radical (unpaired) electrons. The van der Waals surface area contributed by atoms with Gasteiger partial charge in [0.1, 0.15) is 5.75 Å². The molecule has 1 unspecified atom stereocenters. The van der Waals surface area contributed by atoms with Crippen LogP contribution in [0, 0.1) is 12.8 Å². The van der Waals surface area contributed by atoms with Crippen LogP contribution < -0.4 is 10.1 Å². The van der Waals surface area contributed by atoms with Gasteiger partial charge < -0.3 is 10.1 Å². The quantitative estimate of drug-likeness (QED) is 0.864. The van der Waals surface area contributed by atoms with E-state index in [1.807, 2.05) is 30.5 Å². The van der Waals surface area contributed by atoms with Crippen LogP contribution in [-0.2, 0) is 14.6 Å². The van der Waals surface area contributed by atoms with Gasteiger partial charge in [-0.2, -0.15) is 0 Å². The van der Waals surface area contributed by atoms with Gasteiger partial charge in [-0.3, -0.25) is 4.79 Å². The number of carbonyl (C=O) groups is 1. The van der Waals surface area contributed by atoms with Gasteiger partial charge in [0, 0.05) is 28.7 Å². The Hall–Kier alpha value is -2.19. The molecule has 8 heteroatoms. The van der Waals surface area contributed by atoms with Crippen LogP contribution in [0.5, 0.6) is 5.75 Å². The lowest BCUT2D eigenvalue weighted by molar-refractivity contribution is -0.116. The standard InChI is InChI=1S/C17H18N2O4S2/c1-11-3-4-15(23-2)13(7-11)14-9-24-17(18-14)19-16(20)8-12-5-6-25(21,22)10-12/h3-7,9,12H,8,10H2,1-2H3,(H,18,19,20). The average molecular weight is 378 g/mol. The van der Waals surface area contributed by atoms with Crippen molar-refractivity contribution in [1.82, 2.24) is 4.98 Å². The number of allylic oxidation sites excluding steroid dienone is 1. The number of carbonyl (C=O) groups excluding carboxylic acids is 1. The molecule has 2 aromatic rings. The SMILES string of the molecule is COc1ccc(C)cc1-c1csc(NC(=O)CC2C=CS(=O)(=O)C2)n1. The number of ether oxygens (including phenoxy) is 1. The molecule has 3 rings (SSSR count). The maximum absolute atomic E-state index is 12.1. The van der Waals surface area contributed by atoms with Crippen LogP contribution >= 0.6 is 11.3 Å². The summed E-state index contributed by atoms with van der Waals surface area (Å²) >= 11 is 1.32. The van der Waals surface area contributed by atoms with E-state index in [0.717, 1.165) is 22.6 Å². The summed E-state index contributed by atoms with van der Waals surface area (Å²) in [6.45, 7) is 1.99. The number of sulfone groups is 1. The van der Waals surface area contributed by atoms with Gasteiger partial charge in [0.2, 0.25) is 5.91 Å². The Balaban J connectivity index is 1.69. The van der Waals surface area contributed by atoms with Crippen molar-refractivity contribution in [2.45, 2.75) is 13.3 Å². The smallest absolute Gasteiger partial charge is 0.226 e. The molecule has 1 aromatic heterocycles. The molecule has 1 aliphatic rings. The van der Waals surface area contributed by atoms with E-state index in [0.29, 0.717) is 5.13 Å². The molecule has 1 aromatic carbocycles. The number of hydrogen-bond donors (Lipinski definition) is 1. The third-order valence-electron chi connectivity index (χ3n) is 3.83. The Morgan fingerprint density at radius 1 is 1.44 bits per heavy atom. The van der Waals surface area contributed by atoms with Crippen molar-refractivity contribution in [1.29, 1.82) is 0 Å². The first-order valence-electron chi connectivity index (χ1n) is 7.67. The highest BCUT2D eigenvalue weighted by Gasteiger charge is 2.24. The molecule has 6 nitrogen and oxygen atoms in total. The second-order valence-electron chi connectivity index (χ2n) is 5.91. The van der Waals surface area contributed by atoms with E-state index < -0.39 is 9.84 Å². The van der Waals surface area contributed by atoms with Gasteiger partial charge in [-0.1, -0.05) is 17.7 Å². The number of thiazole rings is 1. The average Bonchev–Trinajstić information content (AvgIpc) is 3.13. The lowest BCUT2D eigenvalue weighted by Gasteiger charge is -2.07. The zero-order valence-corrected chi connectivity index (χ0v) is 15.5. The monoisotopic (exact) mass is 378 g/mol. The molecule has 132 valence electrons. The molecule has 0 saturated carbocycles. The van der Waals surface area contributed by atoms with Crippen molar-refractivity contribution in [3.8, 4) is 17.0 Å². The minimum Gasteiger partial charge on any atom is -0.496 e. The highest BCUT2D eigenvalue weighted by Crippen LogP contribution is 2.33. The number of benzene rings is 1. The highest BCUT2D eigenvalue weighted by atomic mass is 32.2. The van der Waals surface area contributed by atoms with E-state index in [2.05, 4.69) is 10.3 Å². The first-order chi connectivity index (χ1) is 11.9. The lowest BCUT2D eigenvalue weighted by atomic mass is 10.1. The minimum atomic E-state index is -3.15. The molecule has 0 aliphatic carbocycles. The van der Waals surface area contributed by atoms with E-state index in [1.165, 1.54) is 16.7 Å². The summed E-state index contributed by atoms with van der Waals surface area (Å²) in [6.07, 6.45) is 1.69. The minimum absolute atomic E-state index is 0.00989. The summed E-state index contributed by atoms with van der Waals surface area (Å²) in [5.74, 6) is 0.185. The topological polar surface area (TPSA) is 85.4 Å². The first-order valence-corrected chi connectivity index (χ1v) is 10.3. The van der Waals surface area contributed by atoms with Crippen molar-refractivity contribution >= 4 is 32.2 Å². The van der Waals surface area contributed by atoms with Crippen LogP contribution in [0.25, 0.3) is 11.3 Å². The zero-order chi connectivity index (χ0) is 18.0. The second-order valence-corrected chi connectivity index (χ2v) is 8.70. The van der Waals surface area contributed by atoms with Gasteiger partial charge in [-0.15, -0.1) is 11.3 Å². The number of rotatable bonds is 5. The molecule has 25 heavy (non-hydrogen) atoms. The van der Waals surface area contributed by atoms with E-state index in [1.54, 1.807) is 13.2 Å². The fraction of sp³-hybridized carbons (Fsp3) is 0.294. The Bertz CT molecular complexity index is 932. The van der Waals surface area contributed by atoms with Gasteiger partial charge >= 0.3 is 0 Å². The molecule has 0 bridgehead atoms. The predicted molar refractivity (Wildman–Crippen MR) is 98.5 cm³/mol. The number of nitrogens with one attached hydrogen (secondary N) is 1. The van der Waals surface area contributed by atoms with Crippen LogP contribution in [0.4, 0.5) is 5.13 Å². The van der Waals surface area contributed by atoms with Crippen molar-refractivity contribution in [3.63, 3.8) is 0 Å². The molecule has 0 saturated heterocycles. The maximum atomic E-state index is 12.1.